The maximum Gasteiger partial charge on any atom is 0.266 e. The molecule has 3 aromatic rings. The van der Waals surface area contributed by atoms with Gasteiger partial charge in [0.15, 0.2) is 0 Å². The van der Waals surface area contributed by atoms with Gasteiger partial charge in [-0.15, -0.1) is 0 Å². The van der Waals surface area contributed by atoms with Gasteiger partial charge >= 0.3 is 0 Å². The Morgan fingerprint density at radius 1 is 0.824 bits per heavy atom. The zero-order chi connectivity index (χ0) is 24.7. The zero-order valence-electron chi connectivity index (χ0n) is 20.0. The van der Waals surface area contributed by atoms with E-state index in [0.29, 0.717) is 5.69 Å². The number of ether oxygens (including phenoxy) is 1. The van der Waals surface area contributed by atoms with Crippen LogP contribution in [0.5, 0.6) is 5.75 Å². The van der Waals surface area contributed by atoms with E-state index in [-0.39, 0.29) is 27.1 Å². The third kappa shape index (κ3) is 3.12. The molecule has 0 aromatic heterocycles. The second-order valence-electron chi connectivity index (χ2n) is 9.77. The van der Waals surface area contributed by atoms with Crippen molar-refractivity contribution in [2.24, 2.45) is 0 Å². The third-order valence-electron chi connectivity index (χ3n) is 7.17. The van der Waals surface area contributed by atoms with Crippen LogP contribution >= 0.6 is 23.2 Å². The minimum Gasteiger partial charge on any atom is -0.486 e. The Bertz CT molecular complexity index is 1370. The van der Waals surface area contributed by atoms with Crippen LogP contribution in [-0.4, -0.2) is 17.4 Å². The highest BCUT2D eigenvalue weighted by atomic mass is 35.5. The number of hydrogen-bond donors (Lipinski definition) is 0. The van der Waals surface area contributed by atoms with E-state index in [0.717, 1.165) is 33.6 Å². The number of carbonyl (C=O) groups is 2. The highest BCUT2D eigenvalue weighted by Gasteiger charge is 2.47. The number of nitrogens with zero attached hydrogens (tertiary/aromatic N) is 1. The lowest BCUT2D eigenvalue weighted by Gasteiger charge is -2.28. The first-order valence-corrected chi connectivity index (χ1v) is 12.0. The number of carbonyl (C=O) groups excluding carboxylic acids is 2. The van der Waals surface area contributed by atoms with Gasteiger partial charge in [-0.2, -0.15) is 0 Å². The van der Waals surface area contributed by atoms with E-state index in [1.54, 1.807) is 0 Å². The van der Waals surface area contributed by atoms with E-state index >= 15 is 0 Å². The fraction of sp³-hybridized carbons (Fsp3) is 0.286. The number of aryl methyl sites for hydroxylation is 1. The third-order valence-corrected chi connectivity index (χ3v) is 7.90. The summed E-state index contributed by atoms with van der Waals surface area (Å²) in [7, 11) is 0. The number of imide groups is 1. The van der Waals surface area contributed by atoms with Crippen LogP contribution in [0.25, 0.3) is 0 Å². The lowest BCUT2D eigenvalue weighted by Crippen LogP contribution is -2.32. The number of amides is 2. The Hall–Kier alpha value is -2.82. The van der Waals surface area contributed by atoms with Crippen LogP contribution in [0.1, 0.15) is 73.9 Å². The molecule has 174 valence electrons. The molecule has 0 bridgehead atoms. The van der Waals surface area contributed by atoms with Crippen molar-refractivity contribution in [2.75, 3.05) is 4.90 Å². The van der Waals surface area contributed by atoms with Gasteiger partial charge in [0.05, 0.1) is 32.8 Å². The van der Waals surface area contributed by atoms with Crippen molar-refractivity contribution in [3.8, 4) is 5.75 Å². The van der Waals surface area contributed by atoms with Crippen molar-refractivity contribution in [2.45, 2.75) is 53.1 Å². The molecule has 0 N–H and O–H groups in total. The van der Waals surface area contributed by atoms with Crippen LogP contribution < -0.4 is 9.64 Å². The Morgan fingerprint density at radius 2 is 1.35 bits per heavy atom. The van der Waals surface area contributed by atoms with Gasteiger partial charge in [0.25, 0.3) is 11.8 Å². The van der Waals surface area contributed by atoms with Gasteiger partial charge in [-0.1, -0.05) is 53.0 Å². The molecule has 0 spiro atoms. The van der Waals surface area contributed by atoms with E-state index in [1.165, 1.54) is 22.6 Å². The largest absolute Gasteiger partial charge is 0.486 e. The lowest BCUT2D eigenvalue weighted by molar-refractivity contribution is 0.0925. The number of anilines is 1. The van der Waals surface area contributed by atoms with Crippen molar-refractivity contribution in [3.63, 3.8) is 0 Å². The molecule has 0 radical (unpaired) electrons. The second kappa shape index (κ2) is 7.59. The van der Waals surface area contributed by atoms with E-state index in [4.69, 9.17) is 27.9 Å². The van der Waals surface area contributed by atoms with E-state index in [2.05, 4.69) is 45.0 Å². The molecule has 34 heavy (non-hydrogen) atoms. The fourth-order valence-corrected chi connectivity index (χ4v) is 5.70. The molecular formula is C28H25Cl2NO3. The summed E-state index contributed by atoms with van der Waals surface area (Å²) in [5, 5.41) is 0.494. The minimum absolute atomic E-state index is 0.0554. The first-order valence-electron chi connectivity index (χ1n) is 11.2. The van der Waals surface area contributed by atoms with E-state index in [9.17, 15) is 9.59 Å². The Morgan fingerprint density at radius 3 is 1.88 bits per heavy atom. The van der Waals surface area contributed by atoms with E-state index in [1.807, 2.05) is 20.8 Å². The maximum atomic E-state index is 13.5. The molecule has 1 unspecified atom stereocenters. The summed E-state index contributed by atoms with van der Waals surface area (Å²) < 4.78 is 6.53. The summed E-state index contributed by atoms with van der Waals surface area (Å²) in [5.74, 6) is -0.0133. The predicted octanol–water partition coefficient (Wildman–Crippen LogP) is 7.33. The molecule has 0 aliphatic carbocycles. The summed E-state index contributed by atoms with van der Waals surface area (Å²) >= 11 is 12.3. The van der Waals surface area contributed by atoms with E-state index < -0.39 is 17.4 Å². The molecule has 6 heteroatoms. The molecule has 2 amide bonds. The molecular weight excluding hydrogens is 469 g/mol. The number of rotatable bonds is 2. The minimum atomic E-state index is -0.499. The molecule has 2 aliphatic heterocycles. The maximum absolute atomic E-state index is 13.5. The van der Waals surface area contributed by atoms with Gasteiger partial charge in [0.1, 0.15) is 11.4 Å². The average molecular weight is 494 g/mol. The normalized spacial score (nSPS) is 18.2. The first kappa shape index (κ1) is 22.9. The average Bonchev–Trinajstić information content (AvgIpc) is 3.19. The highest BCUT2D eigenvalue weighted by molar-refractivity contribution is 6.44. The highest BCUT2D eigenvalue weighted by Crippen LogP contribution is 2.54. The molecule has 3 aromatic carbocycles. The predicted molar refractivity (Wildman–Crippen MR) is 136 cm³/mol. The molecule has 5 rings (SSSR count). The summed E-state index contributed by atoms with van der Waals surface area (Å²) in [6.07, 6.45) is 0. The first-order chi connectivity index (χ1) is 15.9. The van der Waals surface area contributed by atoms with Gasteiger partial charge in [-0.25, -0.2) is 4.90 Å². The molecule has 2 heterocycles. The molecule has 0 fully saturated rings. The quantitative estimate of drug-likeness (QED) is 0.351. The lowest BCUT2D eigenvalue weighted by atomic mass is 9.78. The zero-order valence-corrected chi connectivity index (χ0v) is 21.5. The summed E-state index contributed by atoms with van der Waals surface area (Å²) in [6.45, 7) is 12.1. The second-order valence-corrected chi connectivity index (χ2v) is 10.6. The van der Waals surface area contributed by atoms with Gasteiger partial charge < -0.3 is 4.74 Å². The van der Waals surface area contributed by atoms with Crippen molar-refractivity contribution < 1.29 is 14.3 Å². The van der Waals surface area contributed by atoms with Crippen molar-refractivity contribution in [1.82, 2.24) is 0 Å². The number of benzene rings is 3. The summed E-state index contributed by atoms with van der Waals surface area (Å²) in [6, 6.07) is 11.4. The smallest absolute Gasteiger partial charge is 0.266 e. The number of hydrogen-bond acceptors (Lipinski definition) is 3. The Balaban J connectivity index is 1.74. The Labute approximate surface area is 209 Å². The van der Waals surface area contributed by atoms with Crippen molar-refractivity contribution >= 4 is 40.7 Å². The van der Waals surface area contributed by atoms with Gasteiger partial charge in [-0.05, 0) is 75.9 Å². The van der Waals surface area contributed by atoms with Crippen molar-refractivity contribution in [1.29, 1.82) is 0 Å². The van der Waals surface area contributed by atoms with Crippen molar-refractivity contribution in [3.05, 3.63) is 91.0 Å². The summed E-state index contributed by atoms with van der Waals surface area (Å²) in [4.78, 5) is 28.2. The molecule has 4 nitrogen and oxygen atoms in total. The molecule has 0 saturated carbocycles. The topological polar surface area (TPSA) is 46.6 Å². The number of halogens is 2. The van der Waals surface area contributed by atoms with Crippen LogP contribution in [-0.2, 0) is 0 Å². The Kier molecular flexibility index (Phi) is 5.12. The van der Waals surface area contributed by atoms with Crippen LogP contribution in [0.3, 0.4) is 0 Å². The SMILES string of the molecule is Cc1ccc(C2c3c(C)c(N4C(=O)c5cc(Cl)c(Cl)cc5C4=O)c(C)c(C)c3OC2(C)C)cc1. The summed E-state index contributed by atoms with van der Waals surface area (Å²) in [5.41, 5.74) is 6.59. The number of fused-ring (bicyclic) bond motifs is 2. The van der Waals surface area contributed by atoms with Crippen LogP contribution in [0.4, 0.5) is 5.69 Å². The van der Waals surface area contributed by atoms with Gasteiger partial charge in [0, 0.05) is 5.56 Å². The molecule has 2 aliphatic rings. The standard InChI is InChI=1S/C28H25Cl2NO3/c1-13-7-9-17(10-8-13)23-22-16(4)24(14(2)15(3)25(22)34-28(23,5)6)31-26(32)18-11-20(29)21(30)12-19(18)27(31)33/h7-12,23H,1-6H3. The van der Waals surface area contributed by atoms with Crippen LogP contribution in [0, 0.1) is 27.7 Å². The monoisotopic (exact) mass is 493 g/mol. The molecule has 1 atom stereocenters. The van der Waals surface area contributed by atoms with Crippen LogP contribution in [0.2, 0.25) is 10.0 Å². The fourth-order valence-electron chi connectivity index (χ4n) is 5.38. The van der Waals surface area contributed by atoms with Gasteiger partial charge in [0.2, 0.25) is 0 Å². The van der Waals surface area contributed by atoms with Gasteiger partial charge in [-0.3, -0.25) is 9.59 Å². The van der Waals surface area contributed by atoms with Crippen LogP contribution in [0.15, 0.2) is 36.4 Å². The molecule has 0 saturated heterocycles.